The number of hydrogen-bond acceptors (Lipinski definition) is 6. The van der Waals surface area contributed by atoms with E-state index < -0.39 is 0 Å². The summed E-state index contributed by atoms with van der Waals surface area (Å²) < 4.78 is 15.7. The highest BCUT2D eigenvalue weighted by atomic mass is 79.9. The van der Waals surface area contributed by atoms with Gasteiger partial charge in [-0.2, -0.15) is 9.50 Å². The molecule has 0 N–H and O–H groups in total. The number of aromatic nitrogens is 3. The number of halogens is 2. The molecule has 3 aromatic heterocycles. The molecule has 1 aliphatic heterocycles. The average molecular weight is 539 g/mol. The van der Waals surface area contributed by atoms with Gasteiger partial charge >= 0.3 is 0 Å². The minimum atomic E-state index is -0.372. The van der Waals surface area contributed by atoms with Gasteiger partial charge in [-0.15, -0.1) is 16.4 Å². The molecule has 1 amide bonds. The number of thiazole rings is 1. The smallest absolute Gasteiger partial charge is 0.291 e. The molecule has 0 spiro atoms. The standard InChI is InChI=1S/C23H12BrFN4O2S2/c24-13-5-8-16-15(10-13)18(21(30)28(16)11-12-3-6-14(25)7-4-12)19-22(31)29-23(33-19)26-20(27-29)17-2-1-9-32-17/h1-10H,11H2/b19-18-. The van der Waals surface area contributed by atoms with Crippen molar-refractivity contribution in [1.82, 2.24) is 14.6 Å². The van der Waals surface area contributed by atoms with Crippen molar-refractivity contribution < 1.29 is 9.18 Å². The van der Waals surface area contributed by atoms with E-state index in [-0.39, 0.29) is 23.8 Å². The van der Waals surface area contributed by atoms with Crippen LogP contribution < -0.4 is 15.0 Å². The van der Waals surface area contributed by atoms with Crippen LogP contribution >= 0.6 is 38.6 Å². The molecular formula is C23H12BrFN4O2S2. The lowest BCUT2D eigenvalue weighted by Crippen LogP contribution is -2.32. The highest BCUT2D eigenvalue weighted by molar-refractivity contribution is 9.10. The minimum absolute atomic E-state index is 0.259. The fourth-order valence-electron chi connectivity index (χ4n) is 3.85. The van der Waals surface area contributed by atoms with Crippen LogP contribution in [-0.2, 0) is 11.3 Å². The maximum Gasteiger partial charge on any atom is 0.291 e. The van der Waals surface area contributed by atoms with Crippen LogP contribution in [0.5, 0.6) is 0 Å². The van der Waals surface area contributed by atoms with Crippen LogP contribution in [0.4, 0.5) is 10.1 Å². The Labute approximate surface area is 202 Å². The molecule has 0 fully saturated rings. The zero-order valence-corrected chi connectivity index (χ0v) is 19.9. The third-order valence-corrected chi connectivity index (χ3v) is 7.75. The number of fused-ring (bicyclic) bond motifs is 2. The molecule has 6 rings (SSSR count). The Morgan fingerprint density at radius 1 is 1.06 bits per heavy atom. The van der Waals surface area contributed by atoms with E-state index in [0.29, 0.717) is 32.1 Å². The Morgan fingerprint density at radius 3 is 2.61 bits per heavy atom. The quantitative estimate of drug-likeness (QED) is 0.344. The highest BCUT2D eigenvalue weighted by Crippen LogP contribution is 2.38. The Morgan fingerprint density at radius 2 is 1.88 bits per heavy atom. The first kappa shape index (κ1) is 20.4. The molecule has 0 saturated heterocycles. The van der Waals surface area contributed by atoms with Crippen molar-refractivity contribution in [3.8, 4) is 10.7 Å². The van der Waals surface area contributed by atoms with E-state index in [1.807, 2.05) is 35.7 Å². The Kier molecular flexibility index (Phi) is 4.75. The van der Waals surface area contributed by atoms with Gasteiger partial charge in [0.25, 0.3) is 11.5 Å². The van der Waals surface area contributed by atoms with Crippen LogP contribution in [0.1, 0.15) is 11.1 Å². The van der Waals surface area contributed by atoms with E-state index in [4.69, 9.17) is 0 Å². The number of benzene rings is 2. The van der Waals surface area contributed by atoms with Crippen molar-refractivity contribution in [1.29, 1.82) is 0 Å². The van der Waals surface area contributed by atoms with Crippen molar-refractivity contribution in [2.24, 2.45) is 0 Å². The molecule has 4 heterocycles. The summed E-state index contributed by atoms with van der Waals surface area (Å²) in [4.78, 5) is 34.3. The molecule has 10 heteroatoms. The predicted octanol–water partition coefficient (Wildman–Crippen LogP) is 4.25. The van der Waals surface area contributed by atoms with Crippen molar-refractivity contribution in [3.63, 3.8) is 0 Å². The summed E-state index contributed by atoms with van der Waals surface area (Å²) in [5, 5.41) is 6.29. The molecule has 0 bridgehead atoms. The van der Waals surface area contributed by atoms with Gasteiger partial charge in [-0.1, -0.05) is 45.5 Å². The van der Waals surface area contributed by atoms with Gasteiger partial charge < -0.3 is 4.90 Å². The molecule has 0 radical (unpaired) electrons. The van der Waals surface area contributed by atoms with E-state index in [1.165, 1.54) is 28.0 Å². The predicted molar refractivity (Wildman–Crippen MR) is 130 cm³/mol. The number of carbonyl (C=O) groups is 1. The van der Waals surface area contributed by atoms with Crippen molar-refractivity contribution in [2.45, 2.75) is 6.54 Å². The summed E-state index contributed by atoms with van der Waals surface area (Å²) in [6, 6.07) is 15.3. The second kappa shape index (κ2) is 7.68. The molecule has 2 aromatic carbocycles. The largest absolute Gasteiger partial charge is 0.303 e. The molecule has 0 aliphatic carbocycles. The third kappa shape index (κ3) is 3.33. The van der Waals surface area contributed by atoms with Gasteiger partial charge in [0.2, 0.25) is 4.96 Å². The monoisotopic (exact) mass is 538 g/mol. The Bertz CT molecular complexity index is 1660. The second-order valence-electron chi connectivity index (χ2n) is 7.40. The van der Waals surface area contributed by atoms with Crippen molar-refractivity contribution >= 4 is 60.7 Å². The van der Waals surface area contributed by atoms with Crippen LogP contribution in [0, 0.1) is 5.82 Å². The molecular weight excluding hydrogens is 527 g/mol. The fraction of sp³-hybridized carbons (Fsp3) is 0.0435. The number of amides is 1. The number of anilines is 1. The summed E-state index contributed by atoms with van der Waals surface area (Å²) >= 11 is 6.12. The van der Waals surface area contributed by atoms with Gasteiger partial charge in [0, 0.05) is 10.0 Å². The van der Waals surface area contributed by atoms with E-state index in [2.05, 4.69) is 26.0 Å². The normalized spacial score (nSPS) is 15.0. The average Bonchev–Trinajstić information content (AvgIpc) is 3.56. The first-order chi connectivity index (χ1) is 16.0. The van der Waals surface area contributed by atoms with E-state index in [0.717, 1.165) is 26.3 Å². The number of hydrogen-bond donors (Lipinski definition) is 0. The van der Waals surface area contributed by atoms with E-state index in [9.17, 15) is 14.0 Å². The first-order valence-corrected chi connectivity index (χ1v) is 12.3. The minimum Gasteiger partial charge on any atom is -0.303 e. The SMILES string of the molecule is O=C1/C(=c2\sc3nc(-c4cccs4)nn3c2=O)c2cc(Br)ccc2N1Cc1ccc(F)cc1. The van der Waals surface area contributed by atoms with E-state index >= 15 is 0 Å². The second-order valence-corrected chi connectivity index (χ2v) is 10.2. The van der Waals surface area contributed by atoms with E-state index in [1.54, 1.807) is 17.0 Å². The molecule has 0 atom stereocenters. The summed E-state index contributed by atoms with van der Waals surface area (Å²) in [5.41, 5.74) is 2.10. The van der Waals surface area contributed by atoms with Crippen LogP contribution in [0.2, 0.25) is 0 Å². The molecule has 0 unspecified atom stereocenters. The number of carbonyl (C=O) groups excluding carboxylic acids is 1. The van der Waals surface area contributed by atoms with Gasteiger partial charge in [0.1, 0.15) is 10.3 Å². The molecule has 5 aromatic rings. The molecule has 6 nitrogen and oxygen atoms in total. The lowest BCUT2D eigenvalue weighted by Gasteiger charge is -2.17. The van der Waals surface area contributed by atoms with Gasteiger partial charge in [0.05, 0.1) is 22.7 Å². The Hall–Kier alpha value is -3.21. The summed E-state index contributed by atoms with van der Waals surface area (Å²) in [6.07, 6.45) is 0. The van der Waals surface area contributed by atoms with Gasteiger partial charge in [0.15, 0.2) is 5.82 Å². The topological polar surface area (TPSA) is 67.6 Å². The Balaban J connectivity index is 1.52. The van der Waals surface area contributed by atoms with Crippen LogP contribution in [-0.4, -0.2) is 20.5 Å². The number of rotatable bonds is 3. The van der Waals surface area contributed by atoms with Gasteiger partial charge in [-0.3, -0.25) is 9.59 Å². The van der Waals surface area contributed by atoms with Gasteiger partial charge in [-0.25, -0.2) is 4.39 Å². The van der Waals surface area contributed by atoms with Crippen LogP contribution in [0.15, 0.2) is 69.2 Å². The maximum absolute atomic E-state index is 13.6. The number of thiophene rings is 1. The van der Waals surface area contributed by atoms with Crippen LogP contribution in [0.25, 0.3) is 21.2 Å². The molecule has 0 saturated carbocycles. The molecule has 1 aliphatic rings. The van der Waals surface area contributed by atoms with Crippen molar-refractivity contribution in [3.05, 3.63) is 96.3 Å². The third-order valence-electron chi connectivity index (χ3n) is 5.36. The van der Waals surface area contributed by atoms with Gasteiger partial charge in [-0.05, 0) is 47.3 Å². The number of nitrogens with zero attached hydrogens (tertiary/aromatic N) is 4. The van der Waals surface area contributed by atoms with Crippen molar-refractivity contribution in [2.75, 3.05) is 4.90 Å². The zero-order chi connectivity index (χ0) is 22.7. The zero-order valence-electron chi connectivity index (χ0n) is 16.7. The maximum atomic E-state index is 13.6. The summed E-state index contributed by atoms with van der Waals surface area (Å²) in [5.74, 6) is -0.133. The highest BCUT2D eigenvalue weighted by Gasteiger charge is 2.34. The lowest BCUT2D eigenvalue weighted by atomic mass is 10.1. The molecule has 33 heavy (non-hydrogen) atoms. The lowest BCUT2D eigenvalue weighted by molar-refractivity contribution is -0.113. The summed E-state index contributed by atoms with van der Waals surface area (Å²) in [7, 11) is 0. The first-order valence-electron chi connectivity index (χ1n) is 9.83. The summed E-state index contributed by atoms with van der Waals surface area (Å²) in [6.45, 7) is 0.259. The van der Waals surface area contributed by atoms with Crippen LogP contribution in [0.3, 0.4) is 0 Å². The fourth-order valence-corrected chi connectivity index (χ4v) is 5.86. The molecule has 162 valence electrons.